The maximum absolute atomic E-state index is 13.8. The summed E-state index contributed by atoms with van der Waals surface area (Å²) in [6, 6.07) is 6.66. The fourth-order valence-corrected chi connectivity index (χ4v) is 2.46. The van der Waals surface area contributed by atoms with E-state index in [2.05, 4.69) is 5.10 Å². The largest absolute Gasteiger partial charge is 0.299 e. The summed E-state index contributed by atoms with van der Waals surface area (Å²) in [6.45, 7) is 4.72. The van der Waals surface area contributed by atoms with Gasteiger partial charge in [-0.2, -0.15) is 5.10 Å². The average Bonchev–Trinajstić information content (AvgIpc) is 2.86. The molecule has 3 nitrogen and oxygen atoms in total. The highest BCUT2D eigenvalue weighted by Crippen LogP contribution is 2.19. The van der Waals surface area contributed by atoms with E-state index in [1.54, 1.807) is 12.1 Å². The summed E-state index contributed by atoms with van der Waals surface area (Å²) in [5.41, 5.74) is 2.18. The fourth-order valence-electron chi connectivity index (χ4n) is 2.27. The molecule has 0 saturated carbocycles. The van der Waals surface area contributed by atoms with E-state index in [1.807, 2.05) is 24.6 Å². The number of carbonyl (C=O) groups is 1. The van der Waals surface area contributed by atoms with Crippen LogP contribution in [0.4, 0.5) is 4.39 Å². The molecule has 5 heteroatoms. The number of nitrogens with zero attached hydrogens (tertiary/aromatic N) is 2. The van der Waals surface area contributed by atoms with Crippen LogP contribution >= 0.6 is 11.6 Å². The molecular weight excluding hydrogens is 291 g/mol. The Balaban J connectivity index is 2.11. The summed E-state index contributed by atoms with van der Waals surface area (Å²) < 4.78 is 15.6. The minimum absolute atomic E-state index is 0.0444. The Morgan fingerprint density at radius 3 is 2.76 bits per heavy atom. The second-order valence-electron chi connectivity index (χ2n) is 4.90. The van der Waals surface area contributed by atoms with Crippen LogP contribution in [-0.2, 0) is 30.6 Å². The summed E-state index contributed by atoms with van der Waals surface area (Å²) in [5, 5.41) is 4.46. The standard InChI is InChI=1S/C16H18ClFN2O/c1-3-12-9-13(20(4-2)19-12)10-14(21)8-11-6-5-7-15(17)16(11)18/h5-7,9H,3-4,8,10H2,1-2H3. The van der Waals surface area contributed by atoms with Crippen molar-refractivity contribution < 1.29 is 9.18 Å². The lowest BCUT2D eigenvalue weighted by molar-refractivity contribution is -0.117. The molecule has 112 valence electrons. The van der Waals surface area contributed by atoms with Gasteiger partial charge in [-0.25, -0.2) is 4.39 Å². The Morgan fingerprint density at radius 2 is 2.10 bits per heavy atom. The summed E-state index contributed by atoms with van der Waals surface area (Å²) >= 11 is 5.73. The quantitative estimate of drug-likeness (QED) is 0.817. The summed E-state index contributed by atoms with van der Waals surface area (Å²) in [6.07, 6.45) is 1.13. The van der Waals surface area contributed by atoms with E-state index >= 15 is 0 Å². The number of carbonyl (C=O) groups excluding carboxylic acids is 1. The number of hydrogen-bond acceptors (Lipinski definition) is 2. The van der Waals surface area contributed by atoms with E-state index in [9.17, 15) is 9.18 Å². The SMILES string of the molecule is CCc1cc(CC(=O)Cc2cccc(Cl)c2F)n(CC)n1. The molecule has 0 N–H and O–H groups in total. The average molecular weight is 309 g/mol. The van der Waals surface area contributed by atoms with Crippen LogP contribution in [0.2, 0.25) is 5.02 Å². The number of aromatic nitrogens is 2. The van der Waals surface area contributed by atoms with Gasteiger partial charge in [0, 0.05) is 25.1 Å². The smallest absolute Gasteiger partial charge is 0.145 e. The third-order valence-corrected chi connectivity index (χ3v) is 3.67. The Morgan fingerprint density at radius 1 is 1.33 bits per heavy atom. The van der Waals surface area contributed by atoms with Gasteiger partial charge in [-0.05, 0) is 31.0 Å². The molecule has 0 aliphatic rings. The molecule has 0 radical (unpaired) electrons. The molecule has 21 heavy (non-hydrogen) atoms. The molecule has 2 rings (SSSR count). The van der Waals surface area contributed by atoms with Crippen LogP contribution < -0.4 is 0 Å². The molecule has 0 atom stereocenters. The molecule has 0 spiro atoms. The third-order valence-electron chi connectivity index (χ3n) is 3.37. The second-order valence-corrected chi connectivity index (χ2v) is 5.31. The van der Waals surface area contributed by atoms with Crippen molar-refractivity contribution in [2.24, 2.45) is 0 Å². The first kappa shape index (κ1) is 15.7. The number of hydrogen-bond donors (Lipinski definition) is 0. The molecular formula is C16H18ClFN2O. The number of rotatable bonds is 6. The zero-order valence-electron chi connectivity index (χ0n) is 12.2. The van der Waals surface area contributed by atoms with Crippen molar-refractivity contribution in [3.8, 4) is 0 Å². The molecule has 2 aromatic rings. The Labute approximate surface area is 128 Å². The van der Waals surface area contributed by atoms with Gasteiger partial charge >= 0.3 is 0 Å². The van der Waals surface area contributed by atoms with Crippen LogP contribution in [0, 0.1) is 5.82 Å². The maximum Gasteiger partial charge on any atom is 0.145 e. The number of aryl methyl sites for hydroxylation is 2. The normalized spacial score (nSPS) is 10.9. The van der Waals surface area contributed by atoms with E-state index in [4.69, 9.17) is 11.6 Å². The van der Waals surface area contributed by atoms with Crippen LogP contribution in [-0.4, -0.2) is 15.6 Å². The summed E-state index contributed by atoms with van der Waals surface area (Å²) in [7, 11) is 0. The van der Waals surface area contributed by atoms with Crippen molar-refractivity contribution in [3.63, 3.8) is 0 Å². The van der Waals surface area contributed by atoms with E-state index < -0.39 is 5.82 Å². The number of halogens is 2. The van der Waals surface area contributed by atoms with Crippen molar-refractivity contribution in [1.29, 1.82) is 0 Å². The van der Waals surface area contributed by atoms with Gasteiger partial charge in [0.15, 0.2) is 0 Å². The van der Waals surface area contributed by atoms with E-state index in [1.165, 1.54) is 6.07 Å². The van der Waals surface area contributed by atoms with Gasteiger partial charge in [-0.1, -0.05) is 30.7 Å². The summed E-state index contributed by atoms with van der Waals surface area (Å²) in [5.74, 6) is -0.556. The third kappa shape index (κ3) is 3.70. The minimum Gasteiger partial charge on any atom is -0.299 e. The molecule has 1 heterocycles. The van der Waals surface area contributed by atoms with E-state index in [0.717, 1.165) is 17.8 Å². The second kappa shape index (κ2) is 6.85. The molecule has 0 saturated heterocycles. The summed E-state index contributed by atoms with van der Waals surface area (Å²) in [4.78, 5) is 12.2. The van der Waals surface area contributed by atoms with Crippen LogP contribution in [0.5, 0.6) is 0 Å². The predicted molar refractivity (Wildman–Crippen MR) is 81.1 cm³/mol. The number of benzene rings is 1. The zero-order valence-corrected chi connectivity index (χ0v) is 13.0. The van der Waals surface area contributed by atoms with Crippen molar-refractivity contribution in [2.45, 2.75) is 39.7 Å². The molecule has 0 unspecified atom stereocenters. The molecule has 0 fully saturated rings. The first-order valence-electron chi connectivity index (χ1n) is 7.05. The van der Waals surface area contributed by atoms with Crippen molar-refractivity contribution in [2.75, 3.05) is 0 Å². The van der Waals surface area contributed by atoms with Crippen molar-refractivity contribution in [3.05, 3.63) is 52.1 Å². The lowest BCUT2D eigenvalue weighted by Gasteiger charge is -2.06. The van der Waals surface area contributed by atoms with Gasteiger partial charge in [0.25, 0.3) is 0 Å². The van der Waals surface area contributed by atoms with Crippen LogP contribution in [0.25, 0.3) is 0 Å². The molecule has 0 aliphatic carbocycles. The van der Waals surface area contributed by atoms with Gasteiger partial charge < -0.3 is 0 Å². The Hall–Kier alpha value is -1.68. The van der Waals surface area contributed by atoms with Gasteiger partial charge in [0.1, 0.15) is 11.6 Å². The highest BCUT2D eigenvalue weighted by molar-refractivity contribution is 6.30. The van der Waals surface area contributed by atoms with Gasteiger partial charge in [0.2, 0.25) is 0 Å². The zero-order chi connectivity index (χ0) is 15.4. The maximum atomic E-state index is 13.8. The highest BCUT2D eigenvalue weighted by atomic mass is 35.5. The van der Waals surface area contributed by atoms with E-state index in [0.29, 0.717) is 12.1 Å². The highest BCUT2D eigenvalue weighted by Gasteiger charge is 2.14. The predicted octanol–water partition coefficient (Wildman–Crippen LogP) is 3.61. The van der Waals surface area contributed by atoms with E-state index in [-0.39, 0.29) is 23.6 Å². The number of Topliss-reactive ketones (excluding diaryl/α,β-unsaturated/α-hetero) is 1. The fraction of sp³-hybridized carbons (Fsp3) is 0.375. The molecule has 0 bridgehead atoms. The van der Waals surface area contributed by atoms with Crippen LogP contribution in [0.1, 0.15) is 30.8 Å². The van der Waals surface area contributed by atoms with Crippen LogP contribution in [0.3, 0.4) is 0 Å². The van der Waals surface area contributed by atoms with Gasteiger partial charge in [0.05, 0.1) is 10.7 Å². The first-order chi connectivity index (χ1) is 10.0. The monoisotopic (exact) mass is 308 g/mol. The molecule has 0 aliphatic heterocycles. The molecule has 1 aromatic carbocycles. The van der Waals surface area contributed by atoms with Crippen LogP contribution in [0.15, 0.2) is 24.3 Å². The number of ketones is 1. The Bertz CT molecular complexity index is 652. The lowest BCUT2D eigenvalue weighted by atomic mass is 10.0. The van der Waals surface area contributed by atoms with Crippen molar-refractivity contribution >= 4 is 17.4 Å². The van der Waals surface area contributed by atoms with Crippen molar-refractivity contribution in [1.82, 2.24) is 9.78 Å². The minimum atomic E-state index is -0.509. The molecule has 1 aromatic heterocycles. The Kier molecular flexibility index (Phi) is 5.12. The first-order valence-corrected chi connectivity index (χ1v) is 7.43. The topological polar surface area (TPSA) is 34.9 Å². The van der Waals surface area contributed by atoms with Gasteiger partial charge in [-0.15, -0.1) is 0 Å². The van der Waals surface area contributed by atoms with Gasteiger partial charge in [-0.3, -0.25) is 9.48 Å². The lowest BCUT2D eigenvalue weighted by Crippen LogP contribution is -2.12. The molecule has 0 amide bonds.